The Labute approximate surface area is 108 Å². The highest BCUT2D eigenvalue weighted by molar-refractivity contribution is 5.76. The Hall–Kier alpha value is -1.29. The zero-order valence-electron chi connectivity index (χ0n) is 11.4. The van der Waals surface area contributed by atoms with Crippen LogP contribution in [0.15, 0.2) is 10.5 Å². The molecule has 1 aromatic rings. The van der Waals surface area contributed by atoms with Crippen molar-refractivity contribution < 1.29 is 13.9 Å². The smallest absolute Gasteiger partial charge is 0.323 e. The molecule has 1 heterocycles. The van der Waals surface area contributed by atoms with Gasteiger partial charge < -0.3 is 9.15 Å². The first kappa shape index (κ1) is 13.1. The Morgan fingerprint density at radius 1 is 1.50 bits per heavy atom. The molecule has 1 fully saturated rings. The van der Waals surface area contributed by atoms with Crippen LogP contribution in [-0.4, -0.2) is 19.1 Å². The molecule has 0 bridgehead atoms. The van der Waals surface area contributed by atoms with Crippen LogP contribution >= 0.6 is 0 Å². The lowest BCUT2D eigenvalue weighted by molar-refractivity contribution is -0.144. The number of ether oxygens (including phenoxy) is 1. The van der Waals surface area contributed by atoms with Crippen LogP contribution in [0.3, 0.4) is 0 Å². The van der Waals surface area contributed by atoms with Crippen LogP contribution < -0.4 is 5.32 Å². The summed E-state index contributed by atoms with van der Waals surface area (Å²) in [5.41, 5.74) is 1.11. The molecule has 0 amide bonds. The van der Waals surface area contributed by atoms with Crippen LogP contribution in [0.2, 0.25) is 0 Å². The van der Waals surface area contributed by atoms with Gasteiger partial charge in [-0.1, -0.05) is 0 Å². The van der Waals surface area contributed by atoms with Crippen molar-refractivity contribution in [2.24, 2.45) is 5.92 Å². The van der Waals surface area contributed by atoms with Crippen molar-refractivity contribution in [3.63, 3.8) is 0 Å². The van der Waals surface area contributed by atoms with Crippen LogP contribution in [0, 0.1) is 19.8 Å². The molecule has 1 saturated carbocycles. The van der Waals surface area contributed by atoms with Crippen molar-refractivity contribution in [1.29, 1.82) is 0 Å². The number of rotatable bonds is 5. The molecule has 1 aliphatic rings. The van der Waals surface area contributed by atoms with Crippen LogP contribution in [-0.2, 0) is 9.53 Å². The number of methoxy groups -OCH3 is 1. The van der Waals surface area contributed by atoms with Gasteiger partial charge in [0.15, 0.2) is 0 Å². The van der Waals surface area contributed by atoms with Crippen LogP contribution in [0.4, 0.5) is 0 Å². The predicted octanol–water partition coefficient (Wildman–Crippen LogP) is 2.50. The molecule has 1 aromatic heterocycles. The molecule has 1 N–H and O–H groups in total. The van der Waals surface area contributed by atoms with Crippen molar-refractivity contribution in [3.05, 3.63) is 23.2 Å². The molecule has 0 aromatic carbocycles. The highest BCUT2D eigenvalue weighted by atomic mass is 16.5. The first-order chi connectivity index (χ1) is 8.52. The summed E-state index contributed by atoms with van der Waals surface area (Å²) in [5, 5.41) is 3.37. The number of hydrogen-bond acceptors (Lipinski definition) is 4. The van der Waals surface area contributed by atoms with E-state index >= 15 is 0 Å². The Morgan fingerprint density at radius 3 is 2.61 bits per heavy atom. The van der Waals surface area contributed by atoms with Gasteiger partial charge in [0.2, 0.25) is 0 Å². The Balaban J connectivity index is 2.07. The largest absolute Gasteiger partial charge is 0.468 e. The van der Waals surface area contributed by atoms with E-state index in [0.29, 0.717) is 5.92 Å². The highest BCUT2D eigenvalue weighted by Crippen LogP contribution is 2.34. The molecule has 18 heavy (non-hydrogen) atoms. The Bertz CT molecular complexity index is 434. The first-order valence-electron chi connectivity index (χ1n) is 6.43. The average molecular weight is 251 g/mol. The SMILES string of the molecule is COC(=O)C(NC(C)c1cc(C)oc1C)C1CC1. The summed E-state index contributed by atoms with van der Waals surface area (Å²) in [6.07, 6.45) is 2.20. The second-order valence-corrected chi connectivity index (χ2v) is 5.10. The van der Waals surface area contributed by atoms with E-state index in [1.807, 2.05) is 19.9 Å². The van der Waals surface area contributed by atoms with Crippen molar-refractivity contribution in [2.75, 3.05) is 7.11 Å². The maximum absolute atomic E-state index is 11.7. The molecule has 2 rings (SSSR count). The molecule has 1 aliphatic carbocycles. The van der Waals surface area contributed by atoms with E-state index in [1.165, 1.54) is 7.11 Å². The van der Waals surface area contributed by atoms with E-state index in [4.69, 9.17) is 9.15 Å². The molecule has 4 nitrogen and oxygen atoms in total. The summed E-state index contributed by atoms with van der Waals surface area (Å²) in [6.45, 7) is 5.93. The third kappa shape index (κ3) is 2.75. The summed E-state index contributed by atoms with van der Waals surface area (Å²) < 4.78 is 10.4. The van der Waals surface area contributed by atoms with Crippen molar-refractivity contribution in [3.8, 4) is 0 Å². The van der Waals surface area contributed by atoms with Crippen molar-refractivity contribution in [2.45, 2.75) is 45.7 Å². The zero-order valence-corrected chi connectivity index (χ0v) is 11.4. The standard InChI is InChI=1S/C14H21NO3/c1-8-7-12(10(3)18-8)9(2)15-13(11-5-6-11)14(16)17-4/h7,9,11,13,15H,5-6H2,1-4H3. The number of carbonyl (C=O) groups is 1. The lowest BCUT2D eigenvalue weighted by Crippen LogP contribution is -2.40. The maximum atomic E-state index is 11.7. The van der Waals surface area contributed by atoms with E-state index < -0.39 is 0 Å². The summed E-state index contributed by atoms with van der Waals surface area (Å²) in [5.74, 6) is 2.07. The van der Waals surface area contributed by atoms with Gasteiger partial charge in [-0.25, -0.2) is 0 Å². The van der Waals surface area contributed by atoms with Crippen LogP contribution in [0.5, 0.6) is 0 Å². The van der Waals surface area contributed by atoms with E-state index in [2.05, 4.69) is 12.2 Å². The number of nitrogens with one attached hydrogen (secondary N) is 1. The average Bonchev–Trinajstić information content (AvgIpc) is 3.10. The molecule has 2 unspecified atom stereocenters. The molecule has 0 radical (unpaired) electrons. The summed E-state index contributed by atoms with van der Waals surface area (Å²) in [7, 11) is 1.44. The minimum Gasteiger partial charge on any atom is -0.468 e. The van der Waals surface area contributed by atoms with Gasteiger partial charge in [-0.2, -0.15) is 0 Å². The second kappa shape index (κ2) is 5.14. The molecule has 100 valence electrons. The van der Waals surface area contributed by atoms with E-state index in [-0.39, 0.29) is 18.1 Å². The topological polar surface area (TPSA) is 51.5 Å². The van der Waals surface area contributed by atoms with Gasteiger partial charge in [0.1, 0.15) is 17.6 Å². The lowest BCUT2D eigenvalue weighted by Gasteiger charge is -2.21. The third-order valence-electron chi connectivity index (χ3n) is 3.52. The quantitative estimate of drug-likeness (QED) is 0.817. The van der Waals surface area contributed by atoms with Gasteiger partial charge in [0.25, 0.3) is 0 Å². The number of esters is 1. The molecule has 0 aliphatic heterocycles. The van der Waals surface area contributed by atoms with E-state index in [1.54, 1.807) is 0 Å². The zero-order chi connectivity index (χ0) is 13.3. The fourth-order valence-corrected chi connectivity index (χ4v) is 2.39. The molecular weight excluding hydrogens is 230 g/mol. The van der Waals surface area contributed by atoms with Gasteiger partial charge in [0.05, 0.1) is 7.11 Å². The van der Waals surface area contributed by atoms with Gasteiger partial charge in [-0.05, 0) is 45.6 Å². The molecule has 0 spiro atoms. The summed E-state index contributed by atoms with van der Waals surface area (Å²) in [4.78, 5) is 11.7. The van der Waals surface area contributed by atoms with E-state index in [9.17, 15) is 4.79 Å². The van der Waals surface area contributed by atoms with E-state index in [0.717, 1.165) is 29.9 Å². The molecule has 4 heteroatoms. The molecule has 2 atom stereocenters. The third-order valence-corrected chi connectivity index (χ3v) is 3.52. The fourth-order valence-electron chi connectivity index (χ4n) is 2.39. The molecule has 0 saturated heterocycles. The summed E-state index contributed by atoms with van der Waals surface area (Å²) >= 11 is 0. The number of furan rings is 1. The maximum Gasteiger partial charge on any atom is 0.323 e. The van der Waals surface area contributed by atoms with Crippen molar-refractivity contribution in [1.82, 2.24) is 5.32 Å². The normalized spacial score (nSPS) is 18.4. The highest BCUT2D eigenvalue weighted by Gasteiger charge is 2.37. The fraction of sp³-hybridized carbons (Fsp3) is 0.643. The lowest BCUT2D eigenvalue weighted by atomic mass is 10.1. The second-order valence-electron chi connectivity index (χ2n) is 5.10. The predicted molar refractivity (Wildman–Crippen MR) is 68.3 cm³/mol. The van der Waals surface area contributed by atoms with Gasteiger partial charge in [-0.3, -0.25) is 10.1 Å². The Morgan fingerprint density at radius 2 is 2.17 bits per heavy atom. The molecular formula is C14H21NO3. The first-order valence-corrected chi connectivity index (χ1v) is 6.43. The Kier molecular flexibility index (Phi) is 3.76. The van der Waals surface area contributed by atoms with Crippen LogP contribution in [0.25, 0.3) is 0 Å². The number of carbonyl (C=O) groups excluding carboxylic acids is 1. The van der Waals surface area contributed by atoms with Gasteiger partial charge in [0, 0.05) is 11.6 Å². The summed E-state index contributed by atoms with van der Waals surface area (Å²) in [6, 6.07) is 1.92. The number of aryl methyl sites for hydroxylation is 2. The minimum atomic E-state index is -0.195. The van der Waals surface area contributed by atoms with Gasteiger partial charge in [-0.15, -0.1) is 0 Å². The van der Waals surface area contributed by atoms with Gasteiger partial charge >= 0.3 is 5.97 Å². The number of hydrogen-bond donors (Lipinski definition) is 1. The van der Waals surface area contributed by atoms with Crippen molar-refractivity contribution >= 4 is 5.97 Å². The minimum absolute atomic E-state index is 0.0900. The van der Waals surface area contributed by atoms with Crippen LogP contribution in [0.1, 0.15) is 42.9 Å². The monoisotopic (exact) mass is 251 g/mol.